The van der Waals surface area contributed by atoms with Crippen LogP contribution in [-0.2, 0) is 43.2 Å². The van der Waals surface area contributed by atoms with Gasteiger partial charge in [-0.3, -0.25) is 9.52 Å². The van der Waals surface area contributed by atoms with Crippen LogP contribution in [0.1, 0.15) is 101 Å². The molecule has 2 aromatic rings. The number of esters is 1. The summed E-state index contributed by atoms with van der Waals surface area (Å²) in [5.41, 5.74) is 1.61. The zero-order valence-corrected chi connectivity index (χ0v) is 44.0. The number of methoxy groups -OCH3 is 1. The van der Waals surface area contributed by atoms with E-state index in [1.165, 1.54) is 44.4 Å². The molecule has 3 aliphatic rings. The lowest BCUT2D eigenvalue weighted by atomic mass is 9.77. The van der Waals surface area contributed by atoms with Crippen molar-refractivity contribution in [2.45, 2.75) is 197 Å². The number of hydrogen-bond donors (Lipinski definition) is 7. The van der Waals surface area contributed by atoms with Crippen LogP contribution < -0.4 is 10.5 Å². The molecule has 0 bridgehead atoms. The van der Waals surface area contributed by atoms with E-state index in [1.807, 2.05) is 51.7 Å². The molecule has 18 atom stereocenters. The molecule has 21 heteroatoms. The number of nitrogens with one attached hydrogen (secondary N) is 1. The first-order valence-corrected chi connectivity index (χ1v) is 25.4. The number of rotatable bonds is 10. The van der Waals surface area contributed by atoms with Gasteiger partial charge in [0.2, 0.25) is 0 Å². The van der Waals surface area contributed by atoms with Crippen molar-refractivity contribution in [3.05, 3.63) is 36.1 Å². The molecule has 396 valence electrons. The predicted octanol–water partition coefficient (Wildman–Crippen LogP) is 3.27. The first kappa shape index (κ1) is 58.5. The summed E-state index contributed by atoms with van der Waals surface area (Å²) in [7, 11) is 3.47. The SMILES string of the molecule is CC[C@H]1OC(=O)[C@H](C)[C@@H](O[C@H]2C[C@@](C)(OC)[C@@H](O)[C@H](C)O2)[C@H](C)[C@@H](O[C@@H]2O[C@H](C)C[C@H](N(C)C)[C@H]2O)[C@](C)(O)C[C@@H](C)CN(C)[C@H](C)[C@@H](O)[C@]1(C)O.Cc1cc(NS(=O)(=O)c2ccc(N)cc2)no1. The fraction of sp³-hybridized carbons (Fsp3) is 0.792. The molecule has 1 aromatic heterocycles. The maximum atomic E-state index is 14.2. The molecule has 0 radical (unpaired) electrons. The van der Waals surface area contributed by atoms with Crippen molar-refractivity contribution in [3.8, 4) is 0 Å². The second-order valence-corrected chi connectivity index (χ2v) is 22.3. The number of aromatic nitrogens is 1. The molecule has 0 aliphatic carbocycles. The van der Waals surface area contributed by atoms with Gasteiger partial charge in [-0.25, -0.2) is 8.42 Å². The minimum Gasteiger partial charge on any atom is -0.459 e. The number of benzene rings is 1. The van der Waals surface area contributed by atoms with Crippen LogP contribution >= 0.6 is 0 Å². The van der Waals surface area contributed by atoms with Crippen LogP contribution in [0.5, 0.6) is 0 Å². The predicted molar refractivity (Wildman–Crippen MR) is 257 cm³/mol. The second-order valence-electron chi connectivity index (χ2n) is 20.7. The summed E-state index contributed by atoms with van der Waals surface area (Å²) in [6.07, 6.45) is -8.19. The summed E-state index contributed by atoms with van der Waals surface area (Å²) in [6.45, 7) is 19.7. The van der Waals surface area contributed by atoms with Gasteiger partial charge in [-0.05, 0) is 126 Å². The standard InChI is InChI=1S/C38H72N2O12.C10H11N3O3S/c1-15-27-38(10,46)31(42)24(6)40(13)19-20(2)17-36(8,45)33(52-35-29(41)26(39(11)12)16-21(3)48-35)22(4)30(23(5)34(44)50-27)51-28-18-37(9,47-14)32(43)25(7)49-28;1-7-6-10(12-16-7)13-17(14,15)9-4-2-8(11)3-5-9/h20-33,35,41-43,45-46H,15-19H2,1-14H3;2-6H,11H2,1H3,(H,12,13)/t20-,21-,22+,23-,24-,25+,26+,27-,28+,29-,30+,31-,32+,33-,35+,36-,37-,38-;/m1./s1. The molecule has 3 aliphatic heterocycles. The number of nitrogens with zero attached hydrogens (tertiary/aromatic N) is 3. The van der Waals surface area contributed by atoms with Gasteiger partial charge in [0, 0.05) is 49.8 Å². The van der Waals surface area contributed by atoms with Crippen LogP contribution in [0.25, 0.3) is 0 Å². The highest BCUT2D eigenvalue weighted by molar-refractivity contribution is 7.92. The maximum absolute atomic E-state index is 14.2. The normalized spacial score (nSPS) is 40.2. The van der Waals surface area contributed by atoms with E-state index in [0.29, 0.717) is 24.4 Å². The summed E-state index contributed by atoms with van der Waals surface area (Å²) >= 11 is 0. The summed E-state index contributed by atoms with van der Waals surface area (Å²) < 4.78 is 68.4. The Morgan fingerprint density at radius 1 is 0.971 bits per heavy atom. The van der Waals surface area contributed by atoms with Crippen LogP contribution in [0.4, 0.5) is 11.5 Å². The van der Waals surface area contributed by atoms with Gasteiger partial charge in [-0.1, -0.05) is 25.9 Å². The van der Waals surface area contributed by atoms with Crippen molar-refractivity contribution in [3.63, 3.8) is 0 Å². The van der Waals surface area contributed by atoms with Gasteiger partial charge in [0.05, 0.1) is 46.4 Å². The number of ether oxygens (including phenoxy) is 6. The quantitative estimate of drug-likeness (QED) is 0.133. The summed E-state index contributed by atoms with van der Waals surface area (Å²) in [4.78, 5) is 18.2. The number of likely N-dealkylation sites (N-methyl/N-ethyl adjacent to an activating group) is 2. The van der Waals surface area contributed by atoms with E-state index in [0.717, 1.165) is 0 Å². The van der Waals surface area contributed by atoms with Crippen molar-refractivity contribution < 1.29 is 71.7 Å². The van der Waals surface area contributed by atoms with Gasteiger partial charge >= 0.3 is 5.97 Å². The van der Waals surface area contributed by atoms with E-state index in [1.54, 1.807) is 48.5 Å². The Morgan fingerprint density at radius 3 is 2.14 bits per heavy atom. The minimum atomic E-state index is -3.64. The molecule has 3 fully saturated rings. The number of anilines is 2. The van der Waals surface area contributed by atoms with Crippen molar-refractivity contribution in [1.82, 2.24) is 15.0 Å². The summed E-state index contributed by atoms with van der Waals surface area (Å²) in [6, 6.07) is 6.56. The molecule has 20 nitrogen and oxygen atoms in total. The highest BCUT2D eigenvalue weighted by Gasteiger charge is 2.52. The first-order chi connectivity index (χ1) is 31.9. The maximum Gasteiger partial charge on any atom is 0.311 e. The van der Waals surface area contributed by atoms with Crippen molar-refractivity contribution in [2.75, 3.05) is 45.3 Å². The molecule has 0 spiro atoms. The molecule has 0 amide bonds. The molecule has 0 saturated carbocycles. The number of sulfonamides is 1. The van der Waals surface area contributed by atoms with E-state index >= 15 is 0 Å². The molecular formula is C48H83N5O15S. The number of aliphatic hydroxyl groups is 5. The molecule has 69 heavy (non-hydrogen) atoms. The Bertz CT molecular complexity index is 2040. The van der Waals surface area contributed by atoms with Crippen LogP contribution in [-0.4, -0.2) is 180 Å². The zero-order valence-electron chi connectivity index (χ0n) is 43.2. The molecule has 3 saturated heterocycles. The van der Waals surface area contributed by atoms with E-state index < -0.39 is 106 Å². The van der Waals surface area contributed by atoms with Gasteiger partial charge < -0.3 is 74.0 Å². The average Bonchev–Trinajstić information content (AvgIpc) is 3.67. The van der Waals surface area contributed by atoms with E-state index in [2.05, 4.69) is 9.88 Å². The smallest absolute Gasteiger partial charge is 0.311 e. The summed E-state index contributed by atoms with van der Waals surface area (Å²) in [5, 5.41) is 61.7. The van der Waals surface area contributed by atoms with E-state index in [-0.39, 0.29) is 48.0 Å². The molecule has 8 N–H and O–H groups in total. The third kappa shape index (κ3) is 14.4. The minimum absolute atomic E-state index is 0.118. The number of cyclic esters (lactones) is 1. The van der Waals surface area contributed by atoms with Crippen LogP contribution in [0.15, 0.2) is 39.8 Å². The third-order valence-corrected chi connectivity index (χ3v) is 15.6. The number of hydrogen-bond acceptors (Lipinski definition) is 19. The second kappa shape index (κ2) is 23.7. The Kier molecular flexibility index (Phi) is 20.1. The molecule has 1 aromatic carbocycles. The van der Waals surface area contributed by atoms with E-state index in [9.17, 15) is 38.7 Å². The van der Waals surface area contributed by atoms with Gasteiger partial charge in [-0.2, -0.15) is 0 Å². The molecule has 0 unspecified atom stereocenters. The number of carbonyl (C=O) groups is 1. The molecular weight excluding hydrogens is 919 g/mol. The van der Waals surface area contributed by atoms with Crippen molar-refractivity contribution in [2.24, 2.45) is 17.8 Å². The largest absolute Gasteiger partial charge is 0.459 e. The fourth-order valence-electron chi connectivity index (χ4n) is 9.99. The van der Waals surface area contributed by atoms with Crippen molar-refractivity contribution in [1.29, 1.82) is 0 Å². The van der Waals surface area contributed by atoms with Crippen LogP contribution in [0.2, 0.25) is 0 Å². The Labute approximate surface area is 409 Å². The Hall–Kier alpha value is -3.03. The fourth-order valence-corrected chi connectivity index (χ4v) is 11.0. The van der Waals surface area contributed by atoms with Gasteiger partial charge in [0.25, 0.3) is 10.0 Å². The number of nitrogens with two attached hydrogens (primary N) is 1. The summed E-state index contributed by atoms with van der Waals surface area (Å²) in [5.74, 6) is -1.90. The monoisotopic (exact) mass is 1000 g/mol. The Balaban J connectivity index is 0.000000507. The van der Waals surface area contributed by atoms with E-state index in [4.69, 9.17) is 38.7 Å². The highest BCUT2D eigenvalue weighted by atomic mass is 32.2. The Morgan fingerprint density at radius 2 is 1.59 bits per heavy atom. The molecule has 4 heterocycles. The first-order valence-electron chi connectivity index (χ1n) is 23.9. The van der Waals surface area contributed by atoms with Gasteiger partial charge in [-0.15, -0.1) is 0 Å². The highest BCUT2D eigenvalue weighted by Crippen LogP contribution is 2.40. The average molecular weight is 1000 g/mol. The number of aryl methyl sites for hydroxylation is 1. The third-order valence-electron chi connectivity index (χ3n) is 14.3. The zero-order chi connectivity index (χ0) is 52.1. The lowest BCUT2D eigenvalue weighted by molar-refractivity contribution is -0.318. The van der Waals surface area contributed by atoms with Crippen LogP contribution in [0, 0.1) is 24.7 Å². The lowest BCUT2D eigenvalue weighted by Gasteiger charge is -2.48. The van der Waals surface area contributed by atoms with Gasteiger partial charge in [0.1, 0.15) is 35.8 Å². The van der Waals surface area contributed by atoms with Gasteiger partial charge in [0.15, 0.2) is 18.4 Å². The number of carbonyl (C=O) groups excluding carboxylic acids is 1. The number of aliphatic hydroxyl groups excluding tert-OH is 3. The van der Waals surface area contributed by atoms with Crippen molar-refractivity contribution >= 4 is 27.5 Å². The topological polar surface area (TPSA) is 278 Å². The van der Waals surface area contributed by atoms with Crippen LogP contribution in [0.3, 0.4) is 0 Å². The number of nitrogen functional groups attached to an aromatic ring is 1. The lowest BCUT2D eigenvalue weighted by Crippen LogP contribution is -2.60. The molecule has 5 rings (SSSR count).